The number of nitrogens with zero attached hydrogens (tertiary/aromatic N) is 1. The molecule has 1 unspecified atom stereocenters. The second-order valence-corrected chi connectivity index (χ2v) is 12.6. The number of carbonyl (C=O) groups excluding carboxylic acids is 1. The first-order chi connectivity index (χ1) is 15.0. The first-order valence-electron chi connectivity index (χ1n) is 11.5. The van der Waals surface area contributed by atoms with Crippen LogP contribution in [0.15, 0.2) is 47.4 Å². The molecular formula is C26H32N2O3S. The number of aryl methyl sites for hydroxylation is 1. The predicted octanol–water partition coefficient (Wildman–Crippen LogP) is 4.64. The van der Waals surface area contributed by atoms with E-state index in [2.05, 4.69) is 26.1 Å². The van der Waals surface area contributed by atoms with Crippen LogP contribution in [0.4, 0.5) is 0 Å². The van der Waals surface area contributed by atoms with E-state index in [9.17, 15) is 13.2 Å². The molecule has 6 heteroatoms. The topological polar surface area (TPSA) is 66.5 Å². The summed E-state index contributed by atoms with van der Waals surface area (Å²) in [5.41, 5.74) is 3.43. The molecule has 3 atom stereocenters. The Bertz CT molecular complexity index is 1180. The number of nitrogens with one attached hydrogen (secondary N) is 1. The standard InChI is InChI=1S/C26H32N2O3S/c1-17-9-10-18(24(29)27-23-14-21-11-12-26(23,4)25(21,2)3)13-22(17)32(30,31)28-15-19-7-5-6-8-20(19)16-28/h5-10,13,21,23H,11-12,14-16H2,1-4H3,(H,27,29)/t21-,23?,26-/m1/s1. The summed E-state index contributed by atoms with van der Waals surface area (Å²) in [7, 11) is -3.71. The van der Waals surface area contributed by atoms with Gasteiger partial charge in [-0.1, -0.05) is 51.1 Å². The molecule has 3 aliphatic rings. The number of carbonyl (C=O) groups is 1. The van der Waals surface area contributed by atoms with Gasteiger partial charge in [-0.25, -0.2) is 8.42 Å². The second-order valence-electron chi connectivity index (χ2n) is 10.7. The van der Waals surface area contributed by atoms with Gasteiger partial charge in [0.25, 0.3) is 5.91 Å². The van der Waals surface area contributed by atoms with Crippen molar-refractivity contribution in [2.45, 2.75) is 71.0 Å². The second kappa shape index (κ2) is 7.16. The molecule has 1 aliphatic heterocycles. The molecule has 170 valence electrons. The number of amides is 1. The molecule has 1 heterocycles. The van der Waals surface area contributed by atoms with Crippen LogP contribution in [0.5, 0.6) is 0 Å². The van der Waals surface area contributed by atoms with E-state index in [1.165, 1.54) is 10.7 Å². The SMILES string of the molecule is Cc1ccc(C(=O)NC2C[C@H]3CC[C@@]2(C)C3(C)C)cc1S(=O)(=O)N1Cc2ccccc2C1. The lowest BCUT2D eigenvalue weighted by atomic mass is 9.69. The van der Waals surface area contributed by atoms with Crippen molar-refractivity contribution in [2.24, 2.45) is 16.7 Å². The average Bonchev–Trinajstić information content (AvgIpc) is 3.34. The van der Waals surface area contributed by atoms with Crippen molar-refractivity contribution in [3.63, 3.8) is 0 Å². The summed E-state index contributed by atoms with van der Waals surface area (Å²) in [6.45, 7) is 9.46. The van der Waals surface area contributed by atoms with Gasteiger partial charge in [0, 0.05) is 24.7 Å². The van der Waals surface area contributed by atoms with Crippen LogP contribution in [-0.4, -0.2) is 24.7 Å². The minimum Gasteiger partial charge on any atom is -0.349 e. The highest BCUT2D eigenvalue weighted by molar-refractivity contribution is 7.89. The molecule has 2 fully saturated rings. The molecule has 32 heavy (non-hydrogen) atoms. The molecule has 0 saturated heterocycles. The van der Waals surface area contributed by atoms with Gasteiger partial charge in [0.2, 0.25) is 10.0 Å². The van der Waals surface area contributed by atoms with E-state index in [0.29, 0.717) is 30.1 Å². The zero-order valence-electron chi connectivity index (χ0n) is 19.3. The van der Waals surface area contributed by atoms with Gasteiger partial charge in [-0.3, -0.25) is 4.79 Å². The molecule has 2 bridgehead atoms. The smallest absolute Gasteiger partial charge is 0.251 e. The lowest BCUT2D eigenvalue weighted by Crippen LogP contribution is -2.46. The van der Waals surface area contributed by atoms with E-state index >= 15 is 0 Å². The molecule has 1 amide bonds. The molecule has 2 aromatic rings. The fourth-order valence-electron chi connectivity index (χ4n) is 6.29. The molecule has 0 spiro atoms. The summed E-state index contributed by atoms with van der Waals surface area (Å²) in [6, 6.07) is 13.0. The van der Waals surface area contributed by atoms with Gasteiger partial charge in [-0.15, -0.1) is 0 Å². The fraction of sp³-hybridized carbons (Fsp3) is 0.500. The van der Waals surface area contributed by atoms with Crippen molar-refractivity contribution in [1.29, 1.82) is 0 Å². The Balaban J connectivity index is 1.39. The van der Waals surface area contributed by atoms with Crippen LogP contribution in [0.1, 0.15) is 67.1 Å². The molecule has 2 aromatic carbocycles. The van der Waals surface area contributed by atoms with Crippen LogP contribution in [0.2, 0.25) is 0 Å². The molecule has 0 aromatic heterocycles. The third-order valence-electron chi connectivity index (χ3n) is 8.98. The summed E-state index contributed by atoms with van der Waals surface area (Å²) < 4.78 is 28.5. The highest BCUT2D eigenvalue weighted by Gasteiger charge is 2.61. The van der Waals surface area contributed by atoms with E-state index < -0.39 is 10.0 Å². The number of fused-ring (bicyclic) bond motifs is 3. The van der Waals surface area contributed by atoms with Crippen molar-refractivity contribution >= 4 is 15.9 Å². The lowest BCUT2D eigenvalue weighted by Gasteiger charge is -2.39. The minimum atomic E-state index is -3.71. The Morgan fingerprint density at radius 3 is 2.28 bits per heavy atom. The van der Waals surface area contributed by atoms with Crippen molar-refractivity contribution in [3.05, 3.63) is 64.7 Å². The van der Waals surface area contributed by atoms with Crippen LogP contribution < -0.4 is 5.32 Å². The Morgan fingerprint density at radius 1 is 1.06 bits per heavy atom. The van der Waals surface area contributed by atoms with Crippen LogP contribution in [0, 0.1) is 23.7 Å². The van der Waals surface area contributed by atoms with E-state index in [1.807, 2.05) is 24.3 Å². The zero-order chi connectivity index (χ0) is 22.9. The summed E-state index contributed by atoms with van der Waals surface area (Å²) in [6.07, 6.45) is 3.35. The predicted molar refractivity (Wildman–Crippen MR) is 125 cm³/mol. The van der Waals surface area contributed by atoms with Gasteiger partial charge < -0.3 is 5.32 Å². The maximum Gasteiger partial charge on any atom is 0.251 e. The van der Waals surface area contributed by atoms with Gasteiger partial charge in [0.1, 0.15) is 0 Å². The monoisotopic (exact) mass is 452 g/mol. The first kappa shape index (κ1) is 21.7. The van der Waals surface area contributed by atoms with Gasteiger partial charge >= 0.3 is 0 Å². The Morgan fingerprint density at radius 2 is 1.72 bits per heavy atom. The number of sulfonamides is 1. The highest BCUT2D eigenvalue weighted by Crippen LogP contribution is 2.65. The molecule has 2 aliphatic carbocycles. The summed E-state index contributed by atoms with van der Waals surface area (Å²) in [5.74, 6) is 0.448. The van der Waals surface area contributed by atoms with E-state index in [4.69, 9.17) is 0 Å². The third-order valence-corrected chi connectivity index (χ3v) is 10.9. The molecule has 5 nitrogen and oxygen atoms in total. The molecule has 1 N–H and O–H groups in total. The Kier molecular flexibility index (Phi) is 4.84. The van der Waals surface area contributed by atoms with Crippen molar-refractivity contribution < 1.29 is 13.2 Å². The highest BCUT2D eigenvalue weighted by atomic mass is 32.2. The number of benzene rings is 2. The maximum atomic E-state index is 13.5. The van der Waals surface area contributed by atoms with Crippen LogP contribution in [-0.2, 0) is 23.1 Å². The molecule has 0 radical (unpaired) electrons. The Hall–Kier alpha value is -2.18. The largest absolute Gasteiger partial charge is 0.349 e. The Labute approximate surface area is 191 Å². The zero-order valence-corrected chi connectivity index (χ0v) is 20.1. The van der Waals surface area contributed by atoms with Gasteiger partial charge in [0.05, 0.1) is 4.90 Å². The summed E-state index contributed by atoms with van der Waals surface area (Å²) in [5, 5.41) is 3.26. The van der Waals surface area contributed by atoms with Crippen LogP contribution in [0.25, 0.3) is 0 Å². The van der Waals surface area contributed by atoms with Crippen molar-refractivity contribution in [1.82, 2.24) is 9.62 Å². The minimum absolute atomic E-state index is 0.0776. The fourth-order valence-corrected chi connectivity index (χ4v) is 7.94. The van der Waals surface area contributed by atoms with E-state index in [-0.39, 0.29) is 27.7 Å². The normalized spacial score (nSPS) is 28.6. The average molecular weight is 453 g/mol. The number of hydrogen-bond donors (Lipinski definition) is 1. The third kappa shape index (κ3) is 3.06. The van der Waals surface area contributed by atoms with Crippen molar-refractivity contribution in [3.8, 4) is 0 Å². The quantitative estimate of drug-likeness (QED) is 0.735. The van der Waals surface area contributed by atoms with Crippen molar-refractivity contribution in [2.75, 3.05) is 0 Å². The number of rotatable bonds is 4. The van der Waals surface area contributed by atoms with Gasteiger partial charge in [-0.05, 0) is 71.8 Å². The number of hydrogen-bond acceptors (Lipinski definition) is 3. The summed E-state index contributed by atoms with van der Waals surface area (Å²) >= 11 is 0. The maximum absolute atomic E-state index is 13.5. The van der Waals surface area contributed by atoms with Crippen LogP contribution in [0.3, 0.4) is 0 Å². The van der Waals surface area contributed by atoms with Gasteiger partial charge in [0.15, 0.2) is 0 Å². The molecule has 2 saturated carbocycles. The van der Waals surface area contributed by atoms with E-state index in [1.54, 1.807) is 25.1 Å². The molecule has 5 rings (SSSR count). The van der Waals surface area contributed by atoms with E-state index in [0.717, 1.165) is 24.0 Å². The lowest BCUT2D eigenvalue weighted by molar-refractivity contribution is 0.0826. The van der Waals surface area contributed by atoms with Crippen LogP contribution >= 0.6 is 0 Å². The first-order valence-corrected chi connectivity index (χ1v) is 13.0. The summed E-state index contributed by atoms with van der Waals surface area (Å²) in [4.78, 5) is 13.4. The molecular weight excluding hydrogens is 420 g/mol. The van der Waals surface area contributed by atoms with Gasteiger partial charge in [-0.2, -0.15) is 4.31 Å².